The Morgan fingerprint density at radius 1 is 1.40 bits per heavy atom. The Morgan fingerprint density at radius 2 is 1.93 bits per heavy atom. The van der Waals surface area contributed by atoms with E-state index in [4.69, 9.17) is 4.74 Å². The zero-order valence-electron chi connectivity index (χ0n) is 8.56. The van der Waals surface area contributed by atoms with Crippen LogP contribution in [-0.2, 0) is 4.74 Å². The van der Waals surface area contributed by atoms with Gasteiger partial charge in [0.1, 0.15) is 4.83 Å². The summed E-state index contributed by atoms with van der Waals surface area (Å²) in [5.74, 6) is 0. The maximum absolute atomic E-state index is 12.2. The van der Waals surface area contributed by atoms with Gasteiger partial charge < -0.3 is 9.64 Å². The summed E-state index contributed by atoms with van der Waals surface area (Å²) in [6.45, 7) is 1.38. The number of methoxy groups -OCH3 is 1. The molecule has 0 bridgehead atoms. The molecule has 6 heteroatoms. The molecule has 1 atom stereocenters. The molecule has 90 valence electrons. The lowest BCUT2D eigenvalue weighted by atomic mass is 10.1. The Morgan fingerprint density at radius 3 is 2.33 bits per heavy atom. The minimum atomic E-state index is -4.15. The second-order valence-electron chi connectivity index (χ2n) is 3.74. The fourth-order valence-electron chi connectivity index (χ4n) is 1.66. The predicted octanol–water partition coefficient (Wildman–Crippen LogP) is 2.42. The number of nitrogens with zero attached hydrogens (tertiary/aromatic N) is 1. The number of likely N-dealkylation sites (tertiary alicyclic amines) is 1. The molecule has 0 N–H and O–H groups in total. The van der Waals surface area contributed by atoms with Gasteiger partial charge in [-0.3, -0.25) is 0 Å². The summed E-state index contributed by atoms with van der Waals surface area (Å²) >= 11 is 2.67. The minimum absolute atomic E-state index is 0.0277. The van der Waals surface area contributed by atoms with Gasteiger partial charge in [-0.05, 0) is 12.8 Å². The number of hydrogen-bond acceptors (Lipinski definition) is 2. The van der Waals surface area contributed by atoms with E-state index in [1.54, 1.807) is 7.11 Å². The van der Waals surface area contributed by atoms with Gasteiger partial charge in [-0.15, -0.1) is 0 Å². The summed E-state index contributed by atoms with van der Waals surface area (Å²) in [6.07, 6.45) is -2.32. The fourth-order valence-corrected chi connectivity index (χ4v) is 2.07. The van der Waals surface area contributed by atoms with Crippen LogP contribution in [0.2, 0.25) is 0 Å². The van der Waals surface area contributed by atoms with E-state index in [0.29, 0.717) is 13.1 Å². The number of piperidine rings is 1. The topological polar surface area (TPSA) is 12.5 Å². The van der Waals surface area contributed by atoms with Gasteiger partial charge in [0.2, 0.25) is 0 Å². The van der Waals surface area contributed by atoms with Crippen molar-refractivity contribution in [1.82, 2.24) is 4.90 Å². The van der Waals surface area contributed by atoms with Crippen molar-refractivity contribution in [3.63, 3.8) is 0 Å². The second-order valence-corrected chi connectivity index (χ2v) is 4.85. The Balaban J connectivity index is 2.29. The van der Waals surface area contributed by atoms with Crippen molar-refractivity contribution in [2.75, 3.05) is 26.7 Å². The highest BCUT2D eigenvalue weighted by Crippen LogP contribution is 2.27. The molecule has 1 heterocycles. The van der Waals surface area contributed by atoms with Gasteiger partial charge in [0.15, 0.2) is 0 Å². The zero-order valence-corrected chi connectivity index (χ0v) is 10.1. The highest BCUT2D eigenvalue weighted by molar-refractivity contribution is 9.09. The molecule has 15 heavy (non-hydrogen) atoms. The summed E-state index contributed by atoms with van der Waals surface area (Å²) in [5, 5.41) is 0. The number of rotatable bonds is 3. The molecule has 1 rings (SSSR count). The van der Waals surface area contributed by atoms with E-state index in [2.05, 4.69) is 15.9 Å². The van der Waals surface area contributed by atoms with Crippen LogP contribution >= 0.6 is 15.9 Å². The van der Waals surface area contributed by atoms with Gasteiger partial charge in [0.05, 0.1) is 6.10 Å². The number of ether oxygens (including phenoxy) is 1. The van der Waals surface area contributed by atoms with E-state index >= 15 is 0 Å². The molecule has 0 saturated carbocycles. The molecule has 1 aliphatic rings. The molecule has 1 aliphatic heterocycles. The molecule has 1 fully saturated rings. The average molecular weight is 290 g/mol. The van der Waals surface area contributed by atoms with Crippen LogP contribution in [0.4, 0.5) is 13.2 Å². The zero-order chi connectivity index (χ0) is 11.5. The quantitative estimate of drug-likeness (QED) is 0.740. The van der Waals surface area contributed by atoms with E-state index in [1.807, 2.05) is 4.90 Å². The standard InChI is InChI=1S/C9H15BrF3NO/c1-15-7-2-4-14(5-3-7)6-8(10)9(11,12)13/h7-8H,2-6H2,1H3. The van der Waals surface area contributed by atoms with Gasteiger partial charge in [0, 0.05) is 26.7 Å². The van der Waals surface area contributed by atoms with Crippen LogP contribution in [0.1, 0.15) is 12.8 Å². The molecule has 1 saturated heterocycles. The number of halogens is 4. The second kappa shape index (κ2) is 5.50. The first-order valence-corrected chi connectivity index (χ1v) is 5.81. The average Bonchev–Trinajstić information content (AvgIpc) is 2.17. The predicted molar refractivity (Wildman–Crippen MR) is 55.2 cm³/mol. The maximum atomic E-state index is 12.2. The van der Waals surface area contributed by atoms with Crippen LogP contribution in [0.5, 0.6) is 0 Å². The van der Waals surface area contributed by atoms with E-state index in [-0.39, 0.29) is 12.6 Å². The molecule has 0 aromatic rings. The molecule has 1 unspecified atom stereocenters. The maximum Gasteiger partial charge on any atom is 0.402 e. The van der Waals surface area contributed by atoms with E-state index in [1.165, 1.54) is 0 Å². The summed E-state index contributed by atoms with van der Waals surface area (Å²) in [5.41, 5.74) is 0. The third-order valence-electron chi connectivity index (χ3n) is 2.64. The minimum Gasteiger partial charge on any atom is -0.381 e. The van der Waals surface area contributed by atoms with Crippen molar-refractivity contribution >= 4 is 15.9 Å². The lowest BCUT2D eigenvalue weighted by molar-refractivity contribution is -0.131. The molecular weight excluding hydrogens is 275 g/mol. The highest BCUT2D eigenvalue weighted by Gasteiger charge is 2.39. The molecule has 0 spiro atoms. The molecule has 0 aromatic carbocycles. The summed E-state index contributed by atoms with van der Waals surface area (Å²) in [6, 6.07) is 0. The van der Waals surface area contributed by atoms with Crippen LogP contribution in [0.25, 0.3) is 0 Å². The van der Waals surface area contributed by atoms with Gasteiger partial charge in [-0.2, -0.15) is 13.2 Å². The molecule has 0 aliphatic carbocycles. The van der Waals surface area contributed by atoms with Gasteiger partial charge in [-0.25, -0.2) is 0 Å². The van der Waals surface area contributed by atoms with Gasteiger partial charge in [0.25, 0.3) is 0 Å². The number of hydrogen-bond donors (Lipinski definition) is 0. The monoisotopic (exact) mass is 289 g/mol. The van der Waals surface area contributed by atoms with Crippen molar-refractivity contribution < 1.29 is 17.9 Å². The van der Waals surface area contributed by atoms with Crippen molar-refractivity contribution in [2.24, 2.45) is 0 Å². The first-order chi connectivity index (χ1) is 6.93. The van der Waals surface area contributed by atoms with Crippen LogP contribution in [0.3, 0.4) is 0 Å². The van der Waals surface area contributed by atoms with Crippen molar-refractivity contribution in [1.29, 1.82) is 0 Å². The summed E-state index contributed by atoms with van der Waals surface area (Å²) < 4.78 is 41.9. The van der Waals surface area contributed by atoms with Crippen molar-refractivity contribution in [3.05, 3.63) is 0 Å². The van der Waals surface area contributed by atoms with Crippen molar-refractivity contribution in [3.8, 4) is 0 Å². The Kier molecular flexibility index (Phi) is 4.86. The molecule has 0 radical (unpaired) electrons. The third kappa shape index (κ3) is 4.28. The Bertz CT molecular complexity index is 192. The Hall–Kier alpha value is 0.190. The summed E-state index contributed by atoms with van der Waals surface area (Å²) in [4.78, 5) is 0.395. The first kappa shape index (κ1) is 13.3. The third-order valence-corrected chi connectivity index (χ3v) is 3.45. The van der Waals surface area contributed by atoms with Gasteiger partial charge >= 0.3 is 6.18 Å². The normalized spacial score (nSPS) is 23.0. The summed E-state index contributed by atoms with van der Waals surface area (Å²) in [7, 11) is 1.64. The molecular formula is C9H15BrF3NO. The Labute approximate surface area is 95.9 Å². The molecule has 2 nitrogen and oxygen atoms in total. The molecule has 0 aromatic heterocycles. The lowest BCUT2D eigenvalue weighted by Crippen LogP contribution is -2.43. The van der Waals surface area contributed by atoms with Crippen LogP contribution in [0.15, 0.2) is 0 Å². The SMILES string of the molecule is COC1CCN(CC(Br)C(F)(F)F)CC1. The largest absolute Gasteiger partial charge is 0.402 e. The first-order valence-electron chi connectivity index (χ1n) is 4.89. The highest BCUT2D eigenvalue weighted by atomic mass is 79.9. The number of alkyl halides is 4. The van der Waals surface area contributed by atoms with Crippen LogP contribution < -0.4 is 0 Å². The smallest absolute Gasteiger partial charge is 0.381 e. The van der Waals surface area contributed by atoms with E-state index < -0.39 is 11.0 Å². The van der Waals surface area contributed by atoms with Gasteiger partial charge in [-0.1, -0.05) is 15.9 Å². The van der Waals surface area contributed by atoms with E-state index in [9.17, 15) is 13.2 Å². The molecule has 0 amide bonds. The fraction of sp³-hybridized carbons (Fsp3) is 1.00. The van der Waals surface area contributed by atoms with E-state index in [0.717, 1.165) is 12.8 Å². The van der Waals surface area contributed by atoms with Crippen LogP contribution in [-0.4, -0.2) is 48.8 Å². The van der Waals surface area contributed by atoms with Crippen LogP contribution in [0, 0.1) is 0 Å². The van der Waals surface area contributed by atoms with Crippen molar-refractivity contribution in [2.45, 2.75) is 29.9 Å². The lowest BCUT2D eigenvalue weighted by Gasteiger charge is -2.32.